The van der Waals surface area contributed by atoms with E-state index in [1.165, 1.54) is 6.07 Å². The van der Waals surface area contributed by atoms with Gasteiger partial charge in [-0.2, -0.15) is 0 Å². The molecule has 2 aromatic rings. The van der Waals surface area contributed by atoms with Crippen LogP contribution in [0.3, 0.4) is 0 Å². The summed E-state index contributed by atoms with van der Waals surface area (Å²) in [7, 11) is 0. The summed E-state index contributed by atoms with van der Waals surface area (Å²) in [4.78, 5) is 29.3. The Labute approximate surface area is 130 Å². The van der Waals surface area contributed by atoms with Crippen molar-refractivity contribution in [2.24, 2.45) is 0 Å². The number of aromatic nitrogens is 1. The second-order valence-electron chi connectivity index (χ2n) is 5.26. The molecule has 1 atom stereocenters. The lowest BCUT2D eigenvalue weighted by molar-refractivity contribution is 0.0657. The minimum atomic E-state index is -0.263. The molecule has 2 N–H and O–H groups in total. The van der Waals surface area contributed by atoms with Crippen LogP contribution >= 0.6 is 15.9 Å². The normalized spacial score (nSPS) is 19.0. The van der Waals surface area contributed by atoms with Crippen LogP contribution in [-0.4, -0.2) is 41.5 Å². The Balaban J connectivity index is 2.13. The van der Waals surface area contributed by atoms with Crippen molar-refractivity contribution in [3.8, 4) is 0 Å². The Morgan fingerprint density at radius 2 is 2.24 bits per heavy atom. The lowest BCUT2D eigenvalue weighted by Crippen LogP contribution is -2.52. The minimum absolute atomic E-state index is 0.0850. The van der Waals surface area contributed by atoms with Crippen molar-refractivity contribution in [3.05, 3.63) is 44.7 Å². The molecule has 0 bridgehead atoms. The number of benzene rings is 1. The number of aromatic amines is 1. The topological polar surface area (TPSA) is 65.2 Å². The van der Waals surface area contributed by atoms with Crippen LogP contribution in [-0.2, 0) is 0 Å². The summed E-state index contributed by atoms with van der Waals surface area (Å²) >= 11 is 3.42. The van der Waals surface area contributed by atoms with Gasteiger partial charge in [0.25, 0.3) is 5.91 Å². The van der Waals surface area contributed by atoms with E-state index in [2.05, 4.69) is 26.2 Å². The number of para-hydroxylation sites is 1. The van der Waals surface area contributed by atoms with E-state index in [0.29, 0.717) is 17.6 Å². The predicted octanol–water partition coefficient (Wildman–Crippen LogP) is 1.72. The summed E-state index contributed by atoms with van der Waals surface area (Å²) in [6, 6.07) is 7.08. The number of carbonyl (C=O) groups is 1. The average molecular weight is 350 g/mol. The zero-order chi connectivity index (χ0) is 15.0. The van der Waals surface area contributed by atoms with Crippen LogP contribution in [0.25, 0.3) is 10.9 Å². The molecule has 1 aromatic carbocycles. The number of nitrogens with one attached hydrogen (secondary N) is 2. The molecule has 0 aliphatic carbocycles. The molecule has 1 aliphatic rings. The van der Waals surface area contributed by atoms with Gasteiger partial charge in [-0.25, -0.2) is 0 Å². The standard InChI is InChI=1S/C15H16BrN3O2/c1-9-8-17-5-6-19(9)15(21)11-7-13(20)18-14-10(11)3-2-4-12(14)16/h2-4,7,9,17H,5-6,8H2,1H3,(H,18,20)/t9-/m0/s1. The molecule has 1 saturated heterocycles. The van der Waals surface area contributed by atoms with E-state index >= 15 is 0 Å². The van der Waals surface area contributed by atoms with Gasteiger partial charge in [-0.15, -0.1) is 0 Å². The van der Waals surface area contributed by atoms with Crippen LogP contribution in [0, 0.1) is 0 Å². The maximum Gasteiger partial charge on any atom is 0.255 e. The summed E-state index contributed by atoms with van der Waals surface area (Å²) in [5.41, 5.74) is 0.862. The van der Waals surface area contributed by atoms with E-state index < -0.39 is 0 Å². The Bertz CT molecular complexity index is 756. The van der Waals surface area contributed by atoms with Gasteiger partial charge in [-0.1, -0.05) is 12.1 Å². The van der Waals surface area contributed by atoms with Gasteiger partial charge in [0.05, 0.1) is 11.1 Å². The SMILES string of the molecule is C[C@H]1CNCCN1C(=O)c1cc(=O)[nH]c2c(Br)cccc12. The third kappa shape index (κ3) is 2.61. The number of fused-ring (bicyclic) bond motifs is 1. The lowest BCUT2D eigenvalue weighted by Gasteiger charge is -2.34. The number of piperazine rings is 1. The van der Waals surface area contributed by atoms with Gasteiger partial charge in [-0.3, -0.25) is 9.59 Å². The van der Waals surface area contributed by atoms with E-state index in [1.807, 2.05) is 30.0 Å². The molecule has 0 radical (unpaired) electrons. The molecule has 2 heterocycles. The van der Waals surface area contributed by atoms with Crippen LogP contribution in [0.1, 0.15) is 17.3 Å². The fraction of sp³-hybridized carbons (Fsp3) is 0.333. The van der Waals surface area contributed by atoms with Crippen LogP contribution in [0.15, 0.2) is 33.5 Å². The lowest BCUT2D eigenvalue weighted by atomic mass is 10.1. The molecule has 110 valence electrons. The Morgan fingerprint density at radius 3 is 3.00 bits per heavy atom. The molecule has 0 saturated carbocycles. The quantitative estimate of drug-likeness (QED) is 0.823. The van der Waals surface area contributed by atoms with Crippen LogP contribution in [0.4, 0.5) is 0 Å². The number of hydrogen-bond acceptors (Lipinski definition) is 3. The first kappa shape index (κ1) is 14.3. The molecule has 1 aliphatic heterocycles. The number of nitrogens with zero attached hydrogens (tertiary/aromatic N) is 1. The molecule has 0 spiro atoms. The third-order valence-electron chi connectivity index (χ3n) is 3.82. The van der Waals surface area contributed by atoms with Crippen molar-refractivity contribution in [2.75, 3.05) is 19.6 Å². The third-order valence-corrected chi connectivity index (χ3v) is 4.48. The first-order valence-electron chi connectivity index (χ1n) is 6.91. The Hall–Kier alpha value is -1.66. The molecule has 1 aromatic heterocycles. The highest BCUT2D eigenvalue weighted by Crippen LogP contribution is 2.24. The van der Waals surface area contributed by atoms with Crippen molar-refractivity contribution < 1.29 is 4.79 Å². The van der Waals surface area contributed by atoms with Crippen LogP contribution in [0.2, 0.25) is 0 Å². The number of halogens is 1. The number of carbonyl (C=O) groups excluding carboxylic acids is 1. The second kappa shape index (κ2) is 5.61. The molecule has 0 unspecified atom stereocenters. The molecule has 3 rings (SSSR count). The molecule has 1 fully saturated rings. The molecular weight excluding hydrogens is 334 g/mol. The van der Waals surface area contributed by atoms with Gasteiger partial charge < -0.3 is 15.2 Å². The first-order chi connectivity index (χ1) is 10.1. The Kier molecular flexibility index (Phi) is 3.82. The second-order valence-corrected chi connectivity index (χ2v) is 6.12. The Morgan fingerprint density at radius 1 is 1.43 bits per heavy atom. The van der Waals surface area contributed by atoms with Crippen molar-refractivity contribution in [1.82, 2.24) is 15.2 Å². The molecule has 21 heavy (non-hydrogen) atoms. The highest BCUT2D eigenvalue weighted by Gasteiger charge is 2.25. The summed E-state index contributed by atoms with van der Waals surface area (Å²) in [6.07, 6.45) is 0. The zero-order valence-electron chi connectivity index (χ0n) is 11.6. The number of rotatable bonds is 1. The van der Waals surface area contributed by atoms with Crippen LogP contribution < -0.4 is 10.9 Å². The van der Waals surface area contributed by atoms with Gasteiger partial charge >= 0.3 is 0 Å². The number of amides is 1. The summed E-state index contributed by atoms with van der Waals surface area (Å²) in [6.45, 7) is 4.22. The van der Waals surface area contributed by atoms with Gasteiger partial charge in [0.15, 0.2) is 0 Å². The number of pyridine rings is 1. The first-order valence-corrected chi connectivity index (χ1v) is 7.70. The number of H-pyrrole nitrogens is 1. The summed E-state index contributed by atoms with van der Waals surface area (Å²) in [5.74, 6) is -0.0850. The maximum atomic E-state index is 12.8. The molecule has 6 heteroatoms. The van der Waals surface area contributed by atoms with E-state index in [-0.39, 0.29) is 17.5 Å². The average Bonchev–Trinajstić information content (AvgIpc) is 2.47. The monoisotopic (exact) mass is 349 g/mol. The minimum Gasteiger partial charge on any atom is -0.333 e. The molecule has 1 amide bonds. The van der Waals surface area contributed by atoms with E-state index in [1.54, 1.807) is 0 Å². The fourth-order valence-corrected chi connectivity index (χ4v) is 3.18. The van der Waals surface area contributed by atoms with E-state index in [9.17, 15) is 9.59 Å². The fourth-order valence-electron chi connectivity index (χ4n) is 2.72. The van der Waals surface area contributed by atoms with Gasteiger partial charge in [0.1, 0.15) is 0 Å². The summed E-state index contributed by atoms with van der Waals surface area (Å²) in [5, 5.41) is 4.02. The van der Waals surface area contributed by atoms with Gasteiger partial charge in [0.2, 0.25) is 5.56 Å². The molecular formula is C15H16BrN3O2. The van der Waals surface area contributed by atoms with Crippen molar-refractivity contribution in [3.63, 3.8) is 0 Å². The van der Waals surface area contributed by atoms with Gasteiger partial charge in [0, 0.05) is 41.6 Å². The summed E-state index contributed by atoms with van der Waals surface area (Å²) < 4.78 is 0.778. The van der Waals surface area contributed by atoms with E-state index in [0.717, 1.165) is 22.9 Å². The number of hydrogen-bond donors (Lipinski definition) is 2. The van der Waals surface area contributed by atoms with Gasteiger partial charge in [-0.05, 0) is 28.9 Å². The zero-order valence-corrected chi connectivity index (χ0v) is 13.2. The predicted molar refractivity (Wildman–Crippen MR) is 85.6 cm³/mol. The largest absolute Gasteiger partial charge is 0.333 e. The smallest absolute Gasteiger partial charge is 0.255 e. The van der Waals surface area contributed by atoms with Crippen molar-refractivity contribution in [2.45, 2.75) is 13.0 Å². The van der Waals surface area contributed by atoms with E-state index in [4.69, 9.17) is 0 Å². The van der Waals surface area contributed by atoms with Crippen molar-refractivity contribution >= 4 is 32.7 Å². The highest BCUT2D eigenvalue weighted by molar-refractivity contribution is 9.10. The van der Waals surface area contributed by atoms with Crippen molar-refractivity contribution in [1.29, 1.82) is 0 Å². The molecule has 5 nitrogen and oxygen atoms in total. The maximum absolute atomic E-state index is 12.8. The van der Waals surface area contributed by atoms with Crippen LogP contribution in [0.5, 0.6) is 0 Å². The highest BCUT2D eigenvalue weighted by atomic mass is 79.9.